The van der Waals surface area contributed by atoms with Gasteiger partial charge in [-0.2, -0.15) is 5.10 Å². The third kappa shape index (κ3) is 3.75. The summed E-state index contributed by atoms with van der Waals surface area (Å²) < 4.78 is 8.40. The summed E-state index contributed by atoms with van der Waals surface area (Å²) in [5.41, 5.74) is -0.375. The van der Waals surface area contributed by atoms with E-state index in [4.69, 9.17) is 4.74 Å². The highest BCUT2D eigenvalue weighted by atomic mass is 32.1. The second-order valence-corrected chi connectivity index (χ2v) is 9.38. The Balaban J connectivity index is 1.48. The normalized spacial score (nSPS) is 19.5. The van der Waals surface area contributed by atoms with Crippen LogP contribution < -0.4 is 5.69 Å². The lowest BCUT2D eigenvalue weighted by atomic mass is 9.82. The average molecular weight is 433 g/mol. The number of piperidine rings is 1. The zero-order valence-corrected chi connectivity index (χ0v) is 18.8. The molecule has 8 heteroatoms. The fourth-order valence-electron chi connectivity index (χ4n) is 5.12. The monoisotopic (exact) mass is 432 g/mol. The van der Waals surface area contributed by atoms with Crippen LogP contribution in [0.2, 0.25) is 0 Å². The molecule has 30 heavy (non-hydrogen) atoms. The molecule has 1 aliphatic heterocycles. The lowest BCUT2D eigenvalue weighted by Gasteiger charge is -2.38. The molecule has 3 heterocycles. The molecule has 0 radical (unpaired) electrons. The Morgan fingerprint density at radius 3 is 2.63 bits per heavy atom. The molecule has 2 aromatic rings. The van der Waals surface area contributed by atoms with Gasteiger partial charge in [0.15, 0.2) is 0 Å². The van der Waals surface area contributed by atoms with Crippen LogP contribution in [0.1, 0.15) is 62.1 Å². The van der Waals surface area contributed by atoms with Crippen LogP contribution in [0, 0.1) is 0 Å². The number of amides is 1. The van der Waals surface area contributed by atoms with Crippen LogP contribution >= 0.6 is 11.3 Å². The zero-order valence-electron chi connectivity index (χ0n) is 18.0. The number of carbonyl (C=O) groups is 1. The third-order valence-electron chi connectivity index (χ3n) is 6.78. The minimum Gasteiger partial charge on any atom is -0.383 e. The van der Waals surface area contributed by atoms with Crippen LogP contribution in [-0.4, -0.2) is 52.0 Å². The van der Waals surface area contributed by atoms with E-state index in [2.05, 4.69) is 27.5 Å². The van der Waals surface area contributed by atoms with Gasteiger partial charge in [0.2, 0.25) is 5.91 Å². The van der Waals surface area contributed by atoms with Crippen molar-refractivity contribution in [2.75, 3.05) is 26.8 Å². The number of methoxy groups -OCH3 is 1. The van der Waals surface area contributed by atoms with Crippen molar-refractivity contribution >= 4 is 17.2 Å². The summed E-state index contributed by atoms with van der Waals surface area (Å²) in [6, 6.07) is 4.19. The Bertz CT molecular complexity index is 903. The Morgan fingerprint density at radius 1 is 1.30 bits per heavy atom. The van der Waals surface area contributed by atoms with E-state index < -0.39 is 0 Å². The first-order valence-corrected chi connectivity index (χ1v) is 12.0. The smallest absolute Gasteiger partial charge is 0.345 e. The molecule has 4 rings (SSSR count). The molecule has 2 aromatic heterocycles. The molecule has 7 nitrogen and oxygen atoms in total. The van der Waals surface area contributed by atoms with Crippen molar-refractivity contribution < 1.29 is 9.53 Å². The number of aromatic nitrogens is 3. The number of nitrogens with zero attached hydrogens (tertiary/aromatic N) is 4. The summed E-state index contributed by atoms with van der Waals surface area (Å²) in [6.45, 7) is 5.01. The molecule has 0 bridgehead atoms. The number of ether oxygens (including phenoxy) is 1. The minimum atomic E-state index is -0.311. The fraction of sp³-hybridized carbons (Fsp3) is 0.682. The number of carbonyl (C=O) groups excluding carboxylic acids is 1. The highest BCUT2D eigenvalue weighted by molar-refractivity contribution is 7.10. The number of likely N-dealkylation sites (tertiary alicyclic amines) is 1. The number of thiophene rings is 1. The molecule has 0 atom stereocenters. The molecule has 1 aliphatic carbocycles. The van der Waals surface area contributed by atoms with Crippen LogP contribution in [0.5, 0.6) is 0 Å². The molecule has 164 valence electrons. The van der Waals surface area contributed by atoms with Crippen LogP contribution in [0.15, 0.2) is 22.3 Å². The highest BCUT2D eigenvalue weighted by Gasteiger charge is 2.46. The van der Waals surface area contributed by atoms with Crippen LogP contribution in [0.4, 0.5) is 0 Å². The van der Waals surface area contributed by atoms with Gasteiger partial charge in [-0.1, -0.05) is 18.9 Å². The second-order valence-electron chi connectivity index (χ2n) is 8.43. The quantitative estimate of drug-likeness (QED) is 0.674. The number of hydrogen-bond acceptors (Lipinski definition) is 5. The maximum atomic E-state index is 13.6. The van der Waals surface area contributed by atoms with Gasteiger partial charge in [-0.05, 0) is 44.1 Å². The lowest BCUT2D eigenvalue weighted by Crippen LogP contribution is -2.48. The SMILES string of the molecule is CCn1c(C2CCN(C(=O)C3(c4cccs4)CCCC3)CC2)nn(CCOC)c1=O. The van der Waals surface area contributed by atoms with Gasteiger partial charge in [0.25, 0.3) is 0 Å². The van der Waals surface area contributed by atoms with Gasteiger partial charge < -0.3 is 9.64 Å². The van der Waals surface area contributed by atoms with Gasteiger partial charge in [0.05, 0.1) is 18.6 Å². The van der Waals surface area contributed by atoms with Gasteiger partial charge >= 0.3 is 5.69 Å². The summed E-state index contributed by atoms with van der Waals surface area (Å²) >= 11 is 1.72. The fourth-order valence-corrected chi connectivity index (χ4v) is 6.10. The second kappa shape index (κ2) is 9.06. The minimum absolute atomic E-state index is 0.0642. The zero-order chi connectivity index (χ0) is 21.1. The van der Waals surface area contributed by atoms with E-state index in [1.54, 1.807) is 23.0 Å². The van der Waals surface area contributed by atoms with Crippen LogP contribution in [0.3, 0.4) is 0 Å². The first-order chi connectivity index (χ1) is 14.6. The molecular weight excluding hydrogens is 400 g/mol. The van der Waals surface area contributed by atoms with Gasteiger partial charge in [-0.25, -0.2) is 9.48 Å². The van der Waals surface area contributed by atoms with Crippen molar-refractivity contribution in [3.05, 3.63) is 38.7 Å². The molecule has 1 saturated heterocycles. The standard InChI is InChI=1S/C22H32N4O3S/c1-3-25-19(23-26(21(25)28)14-15-29-2)17-8-12-24(13-9-17)20(27)22(10-4-5-11-22)18-7-6-16-30-18/h6-7,16-17H,3-5,8-15H2,1-2H3. The maximum absolute atomic E-state index is 13.6. The molecule has 1 amide bonds. The van der Waals surface area contributed by atoms with E-state index >= 15 is 0 Å². The summed E-state index contributed by atoms with van der Waals surface area (Å²) in [4.78, 5) is 29.5. The van der Waals surface area contributed by atoms with E-state index in [1.165, 1.54) is 9.56 Å². The molecule has 0 unspecified atom stereocenters. The first-order valence-electron chi connectivity index (χ1n) is 11.1. The summed E-state index contributed by atoms with van der Waals surface area (Å²) in [6.07, 6.45) is 5.89. The van der Waals surface area contributed by atoms with Crippen molar-refractivity contribution in [3.8, 4) is 0 Å². The van der Waals surface area contributed by atoms with E-state index in [0.29, 0.717) is 25.6 Å². The van der Waals surface area contributed by atoms with Crippen molar-refractivity contribution in [3.63, 3.8) is 0 Å². The molecule has 2 aliphatic rings. The van der Waals surface area contributed by atoms with Crippen LogP contribution in [-0.2, 0) is 28.0 Å². The Morgan fingerprint density at radius 2 is 2.03 bits per heavy atom. The molecular formula is C22H32N4O3S. The first kappa shape index (κ1) is 21.3. The van der Waals surface area contributed by atoms with Crippen molar-refractivity contribution in [1.29, 1.82) is 0 Å². The van der Waals surface area contributed by atoms with E-state index in [1.807, 2.05) is 6.92 Å². The summed E-state index contributed by atoms with van der Waals surface area (Å²) in [5, 5.41) is 6.71. The predicted molar refractivity (Wildman–Crippen MR) is 117 cm³/mol. The van der Waals surface area contributed by atoms with Gasteiger partial charge in [-0.3, -0.25) is 9.36 Å². The Labute approximate surface area is 181 Å². The summed E-state index contributed by atoms with van der Waals surface area (Å²) in [5.74, 6) is 1.38. The Hall–Kier alpha value is -1.93. The number of hydrogen-bond donors (Lipinski definition) is 0. The third-order valence-corrected chi connectivity index (χ3v) is 7.86. The Kier molecular flexibility index (Phi) is 6.43. The topological polar surface area (TPSA) is 69.4 Å². The van der Waals surface area contributed by atoms with Crippen molar-refractivity contribution in [2.45, 2.75) is 69.9 Å². The van der Waals surface area contributed by atoms with Crippen LogP contribution in [0.25, 0.3) is 0 Å². The molecule has 1 saturated carbocycles. The highest BCUT2D eigenvalue weighted by Crippen LogP contribution is 2.45. The molecule has 0 N–H and O–H groups in total. The van der Waals surface area contributed by atoms with E-state index in [-0.39, 0.29) is 17.0 Å². The van der Waals surface area contributed by atoms with Gasteiger partial charge in [0.1, 0.15) is 5.82 Å². The summed E-state index contributed by atoms with van der Waals surface area (Å²) in [7, 11) is 1.63. The van der Waals surface area contributed by atoms with Crippen molar-refractivity contribution in [1.82, 2.24) is 19.2 Å². The van der Waals surface area contributed by atoms with Gasteiger partial charge in [0, 0.05) is 37.5 Å². The van der Waals surface area contributed by atoms with E-state index in [0.717, 1.165) is 57.4 Å². The molecule has 0 spiro atoms. The number of rotatable bonds is 7. The largest absolute Gasteiger partial charge is 0.383 e. The molecule has 0 aromatic carbocycles. The average Bonchev–Trinajstić information content (AvgIpc) is 3.52. The van der Waals surface area contributed by atoms with Gasteiger partial charge in [-0.15, -0.1) is 11.3 Å². The van der Waals surface area contributed by atoms with E-state index in [9.17, 15) is 9.59 Å². The maximum Gasteiger partial charge on any atom is 0.345 e. The lowest BCUT2D eigenvalue weighted by molar-refractivity contribution is -0.138. The predicted octanol–water partition coefficient (Wildman–Crippen LogP) is 2.99. The molecule has 2 fully saturated rings. The van der Waals surface area contributed by atoms with Crippen molar-refractivity contribution in [2.24, 2.45) is 0 Å².